The Kier molecular flexibility index (Phi) is 3.98. The Morgan fingerprint density at radius 3 is 2.11 bits per heavy atom. The Bertz CT molecular complexity index is 520. The molecule has 1 heterocycles. The Labute approximate surface area is 114 Å². The fraction of sp³-hybridized carbons (Fsp3) is 0.312. The molecule has 3 N–H and O–H groups in total. The second kappa shape index (κ2) is 5.51. The van der Waals surface area contributed by atoms with Gasteiger partial charge in [-0.05, 0) is 28.8 Å². The van der Waals surface area contributed by atoms with Gasteiger partial charge in [-0.25, -0.2) is 0 Å². The van der Waals surface area contributed by atoms with Crippen molar-refractivity contribution in [2.24, 2.45) is 5.73 Å². The quantitative estimate of drug-likeness (QED) is 0.883. The molecule has 1 aromatic carbocycles. The summed E-state index contributed by atoms with van der Waals surface area (Å²) in [5, 5.41) is 10.3. The molecule has 0 saturated heterocycles. The van der Waals surface area contributed by atoms with Crippen molar-refractivity contribution in [3.8, 4) is 0 Å². The van der Waals surface area contributed by atoms with Crippen LogP contribution in [-0.2, 0) is 5.41 Å². The highest BCUT2D eigenvalue weighted by Gasteiger charge is 2.19. The fourth-order valence-corrected chi connectivity index (χ4v) is 1.97. The van der Waals surface area contributed by atoms with Crippen LogP contribution in [-0.4, -0.2) is 16.6 Å². The van der Waals surface area contributed by atoms with E-state index in [1.807, 2.05) is 36.4 Å². The maximum absolute atomic E-state index is 10.3. The SMILES string of the molecule is CC(C)(CN)c1ccc(C(O)c2ccncc2)cc1. The first kappa shape index (κ1) is 13.7. The summed E-state index contributed by atoms with van der Waals surface area (Å²) >= 11 is 0. The number of hydrogen-bond acceptors (Lipinski definition) is 3. The molecule has 0 amide bonds. The van der Waals surface area contributed by atoms with Crippen molar-refractivity contribution in [2.45, 2.75) is 25.4 Å². The molecular weight excluding hydrogens is 236 g/mol. The van der Waals surface area contributed by atoms with Gasteiger partial charge in [-0.2, -0.15) is 0 Å². The molecule has 0 spiro atoms. The van der Waals surface area contributed by atoms with E-state index in [9.17, 15) is 5.11 Å². The van der Waals surface area contributed by atoms with Gasteiger partial charge in [-0.1, -0.05) is 38.1 Å². The maximum atomic E-state index is 10.3. The predicted molar refractivity (Wildman–Crippen MR) is 76.8 cm³/mol. The van der Waals surface area contributed by atoms with Crippen molar-refractivity contribution < 1.29 is 5.11 Å². The van der Waals surface area contributed by atoms with E-state index in [-0.39, 0.29) is 5.41 Å². The largest absolute Gasteiger partial charge is 0.384 e. The molecular formula is C16H20N2O. The Balaban J connectivity index is 2.24. The van der Waals surface area contributed by atoms with Crippen molar-refractivity contribution in [3.05, 3.63) is 65.5 Å². The molecule has 0 radical (unpaired) electrons. The van der Waals surface area contributed by atoms with E-state index < -0.39 is 6.10 Å². The first-order valence-electron chi connectivity index (χ1n) is 6.43. The summed E-state index contributed by atoms with van der Waals surface area (Å²) in [4.78, 5) is 3.95. The zero-order valence-corrected chi connectivity index (χ0v) is 11.4. The van der Waals surface area contributed by atoms with Gasteiger partial charge >= 0.3 is 0 Å². The number of nitrogens with two attached hydrogens (primary N) is 1. The second-order valence-electron chi connectivity index (χ2n) is 5.39. The molecule has 1 aromatic heterocycles. The molecule has 0 aliphatic rings. The highest BCUT2D eigenvalue weighted by molar-refractivity contribution is 5.33. The van der Waals surface area contributed by atoms with Gasteiger partial charge in [0.05, 0.1) is 0 Å². The average molecular weight is 256 g/mol. The first-order chi connectivity index (χ1) is 9.04. The summed E-state index contributed by atoms with van der Waals surface area (Å²) in [6, 6.07) is 11.6. The van der Waals surface area contributed by atoms with Crippen LogP contribution in [0.1, 0.15) is 36.6 Å². The van der Waals surface area contributed by atoms with Gasteiger partial charge in [0.15, 0.2) is 0 Å². The summed E-state index contributed by atoms with van der Waals surface area (Å²) in [6.45, 7) is 4.82. The third-order valence-corrected chi connectivity index (χ3v) is 3.54. The third-order valence-electron chi connectivity index (χ3n) is 3.54. The van der Waals surface area contributed by atoms with Crippen LogP contribution in [0.15, 0.2) is 48.8 Å². The zero-order valence-electron chi connectivity index (χ0n) is 11.4. The molecule has 19 heavy (non-hydrogen) atoms. The van der Waals surface area contributed by atoms with E-state index in [0.717, 1.165) is 11.1 Å². The lowest BCUT2D eigenvalue weighted by molar-refractivity contribution is 0.220. The highest BCUT2D eigenvalue weighted by Crippen LogP contribution is 2.26. The van der Waals surface area contributed by atoms with Gasteiger partial charge in [0.2, 0.25) is 0 Å². The average Bonchev–Trinajstić information content (AvgIpc) is 2.47. The van der Waals surface area contributed by atoms with Gasteiger partial charge in [0, 0.05) is 24.4 Å². The summed E-state index contributed by atoms with van der Waals surface area (Å²) in [7, 11) is 0. The normalized spacial score (nSPS) is 13.3. The molecule has 100 valence electrons. The van der Waals surface area contributed by atoms with E-state index in [0.29, 0.717) is 6.54 Å². The molecule has 0 aliphatic heterocycles. The van der Waals surface area contributed by atoms with Crippen LogP contribution in [0.2, 0.25) is 0 Å². The summed E-state index contributed by atoms with van der Waals surface area (Å²) in [5.74, 6) is 0. The lowest BCUT2D eigenvalue weighted by atomic mass is 9.84. The number of nitrogens with zero attached hydrogens (tertiary/aromatic N) is 1. The van der Waals surface area contributed by atoms with E-state index in [2.05, 4.69) is 18.8 Å². The number of aliphatic hydroxyl groups excluding tert-OH is 1. The summed E-state index contributed by atoms with van der Waals surface area (Å²) < 4.78 is 0. The fourth-order valence-electron chi connectivity index (χ4n) is 1.97. The third kappa shape index (κ3) is 3.00. The van der Waals surface area contributed by atoms with Gasteiger partial charge in [0.1, 0.15) is 6.10 Å². The molecule has 3 heteroatoms. The molecule has 1 atom stereocenters. The number of aromatic nitrogens is 1. The molecule has 1 unspecified atom stereocenters. The molecule has 2 aromatic rings. The first-order valence-corrected chi connectivity index (χ1v) is 6.43. The Hall–Kier alpha value is -1.71. The van der Waals surface area contributed by atoms with Crippen LogP contribution in [0.5, 0.6) is 0 Å². The van der Waals surface area contributed by atoms with Crippen molar-refractivity contribution in [1.29, 1.82) is 0 Å². The molecule has 0 aliphatic carbocycles. The lowest BCUT2D eigenvalue weighted by Gasteiger charge is -2.23. The van der Waals surface area contributed by atoms with Crippen LogP contribution in [0, 0.1) is 0 Å². The molecule has 0 saturated carbocycles. The van der Waals surface area contributed by atoms with Gasteiger partial charge < -0.3 is 10.8 Å². The molecule has 0 bridgehead atoms. The summed E-state index contributed by atoms with van der Waals surface area (Å²) in [5.41, 5.74) is 8.64. The predicted octanol–water partition coefficient (Wildman–Crippen LogP) is 2.40. The van der Waals surface area contributed by atoms with Crippen molar-refractivity contribution in [1.82, 2.24) is 4.98 Å². The standard InChI is InChI=1S/C16H20N2O/c1-16(2,11-17)14-5-3-12(4-6-14)15(19)13-7-9-18-10-8-13/h3-10,15,19H,11,17H2,1-2H3. The van der Waals surface area contributed by atoms with Crippen molar-refractivity contribution in [2.75, 3.05) is 6.54 Å². The maximum Gasteiger partial charge on any atom is 0.104 e. The van der Waals surface area contributed by atoms with E-state index in [1.165, 1.54) is 5.56 Å². The molecule has 0 fully saturated rings. The van der Waals surface area contributed by atoms with Crippen LogP contribution >= 0.6 is 0 Å². The minimum Gasteiger partial charge on any atom is -0.384 e. The molecule has 3 nitrogen and oxygen atoms in total. The molecule has 2 rings (SSSR count). The Morgan fingerprint density at radius 1 is 1.05 bits per heavy atom. The van der Waals surface area contributed by atoms with Crippen molar-refractivity contribution >= 4 is 0 Å². The van der Waals surface area contributed by atoms with Crippen LogP contribution < -0.4 is 5.73 Å². The van der Waals surface area contributed by atoms with Gasteiger partial charge in [-0.3, -0.25) is 4.98 Å². The van der Waals surface area contributed by atoms with Gasteiger partial charge in [0.25, 0.3) is 0 Å². The lowest BCUT2D eigenvalue weighted by Crippen LogP contribution is -2.28. The zero-order chi connectivity index (χ0) is 13.9. The smallest absolute Gasteiger partial charge is 0.104 e. The highest BCUT2D eigenvalue weighted by atomic mass is 16.3. The topological polar surface area (TPSA) is 59.1 Å². The number of rotatable bonds is 4. The Morgan fingerprint density at radius 2 is 1.58 bits per heavy atom. The van der Waals surface area contributed by atoms with Crippen LogP contribution in [0.3, 0.4) is 0 Å². The van der Waals surface area contributed by atoms with E-state index >= 15 is 0 Å². The van der Waals surface area contributed by atoms with Crippen molar-refractivity contribution in [3.63, 3.8) is 0 Å². The monoisotopic (exact) mass is 256 g/mol. The number of benzene rings is 1. The minimum atomic E-state index is -0.613. The number of aliphatic hydroxyl groups is 1. The van der Waals surface area contributed by atoms with E-state index in [1.54, 1.807) is 12.4 Å². The second-order valence-corrected chi connectivity index (χ2v) is 5.39. The van der Waals surface area contributed by atoms with Gasteiger partial charge in [-0.15, -0.1) is 0 Å². The number of pyridine rings is 1. The van der Waals surface area contributed by atoms with E-state index in [4.69, 9.17) is 5.73 Å². The minimum absolute atomic E-state index is 0.0415. The van der Waals surface area contributed by atoms with Crippen LogP contribution in [0.4, 0.5) is 0 Å². The number of hydrogen-bond donors (Lipinski definition) is 2. The van der Waals surface area contributed by atoms with Crippen LogP contribution in [0.25, 0.3) is 0 Å². The summed E-state index contributed by atoms with van der Waals surface area (Å²) in [6.07, 6.45) is 2.76.